The first kappa shape index (κ1) is 14.0. The monoisotopic (exact) mass is 299 g/mol. The van der Waals surface area contributed by atoms with Crippen molar-refractivity contribution in [2.45, 2.75) is 31.6 Å². The average Bonchev–Trinajstić information content (AvgIpc) is 2.93. The minimum Gasteiger partial charge on any atom is -0.291 e. The van der Waals surface area contributed by atoms with Crippen LogP contribution in [0.25, 0.3) is 0 Å². The Morgan fingerprint density at radius 2 is 1.95 bits per heavy atom. The molecule has 3 rings (SSSR count). The summed E-state index contributed by atoms with van der Waals surface area (Å²) in [6, 6.07) is 9.58. The first-order chi connectivity index (χ1) is 10.2. The second-order valence-electron chi connectivity index (χ2n) is 5.24. The molecule has 0 saturated heterocycles. The van der Waals surface area contributed by atoms with E-state index in [4.69, 9.17) is 0 Å². The van der Waals surface area contributed by atoms with E-state index in [0.29, 0.717) is 10.4 Å². The third kappa shape index (κ3) is 2.74. The Morgan fingerprint density at radius 1 is 1.24 bits per heavy atom. The number of Topliss-reactive ketones (excluding diaryl/α,β-unsaturated/α-hetero) is 1. The standard InChI is InChI=1S/C17H14FNOS/c18-13-7-5-11(6-8-13)14(10-19)17(20)16-9-12-3-1-2-4-15(12)21-16/h5-9,14H,1-4H2. The van der Waals surface area contributed by atoms with Gasteiger partial charge < -0.3 is 0 Å². The number of halogens is 1. The molecule has 2 nitrogen and oxygen atoms in total. The van der Waals surface area contributed by atoms with Gasteiger partial charge in [0.25, 0.3) is 0 Å². The van der Waals surface area contributed by atoms with Crippen molar-refractivity contribution in [1.29, 1.82) is 5.26 Å². The van der Waals surface area contributed by atoms with Crippen LogP contribution in [-0.2, 0) is 12.8 Å². The Morgan fingerprint density at radius 3 is 2.62 bits per heavy atom. The van der Waals surface area contributed by atoms with Gasteiger partial charge in [-0.05, 0) is 55.0 Å². The number of fused-ring (bicyclic) bond motifs is 1. The summed E-state index contributed by atoms with van der Waals surface area (Å²) in [7, 11) is 0. The van der Waals surface area contributed by atoms with Gasteiger partial charge in [-0.15, -0.1) is 11.3 Å². The summed E-state index contributed by atoms with van der Waals surface area (Å²) in [6.45, 7) is 0. The van der Waals surface area contributed by atoms with E-state index < -0.39 is 5.92 Å². The van der Waals surface area contributed by atoms with Crippen molar-refractivity contribution in [3.8, 4) is 6.07 Å². The number of nitriles is 1. The molecule has 1 atom stereocenters. The molecule has 1 aliphatic carbocycles. The highest BCUT2D eigenvalue weighted by molar-refractivity contribution is 7.14. The predicted molar refractivity (Wildman–Crippen MR) is 80.0 cm³/mol. The minimum atomic E-state index is -0.856. The highest BCUT2D eigenvalue weighted by Gasteiger charge is 2.25. The number of nitrogens with zero attached hydrogens (tertiary/aromatic N) is 1. The molecule has 0 N–H and O–H groups in total. The number of carbonyl (C=O) groups is 1. The maximum absolute atomic E-state index is 13.0. The van der Waals surface area contributed by atoms with E-state index >= 15 is 0 Å². The van der Waals surface area contributed by atoms with E-state index in [9.17, 15) is 14.4 Å². The van der Waals surface area contributed by atoms with Crippen LogP contribution < -0.4 is 0 Å². The van der Waals surface area contributed by atoms with E-state index in [-0.39, 0.29) is 11.6 Å². The van der Waals surface area contributed by atoms with Crippen molar-refractivity contribution >= 4 is 17.1 Å². The number of hydrogen-bond acceptors (Lipinski definition) is 3. The van der Waals surface area contributed by atoms with Gasteiger partial charge in [0.2, 0.25) is 0 Å². The third-order valence-corrected chi connectivity index (χ3v) is 5.09. The van der Waals surface area contributed by atoms with Gasteiger partial charge in [-0.3, -0.25) is 4.79 Å². The van der Waals surface area contributed by atoms with Crippen LogP contribution >= 0.6 is 11.3 Å². The number of rotatable bonds is 3. The normalized spacial score (nSPS) is 15.0. The Kier molecular flexibility index (Phi) is 3.85. The van der Waals surface area contributed by atoms with Gasteiger partial charge in [-0.2, -0.15) is 5.26 Å². The van der Waals surface area contributed by atoms with Gasteiger partial charge in [0.1, 0.15) is 11.7 Å². The second-order valence-corrected chi connectivity index (χ2v) is 6.38. The van der Waals surface area contributed by atoms with E-state index in [1.54, 1.807) is 0 Å². The zero-order chi connectivity index (χ0) is 14.8. The van der Waals surface area contributed by atoms with Crippen molar-refractivity contribution in [3.05, 3.63) is 57.0 Å². The largest absolute Gasteiger partial charge is 0.291 e. The molecule has 1 aromatic carbocycles. The number of thiophene rings is 1. The SMILES string of the molecule is N#CC(C(=O)c1cc2c(s1)CCCC2)c1ccc(F)cc1. The highest BCUT2D eigenvalue weighted by Crippen LogP contribution is 2.32. The fraction of sp³-hybridized carbons (Fsp3) is 0.294. The summed E-state index contributed by atoms with van der Waals surface area (Å²) in [5.41, 5.74) is 1.81. The number of hydrogen-bond donors (Lipinski definition) is 0. The van der Waals surface area contributed by atoms with E-state index in [2.05, 4.69) is 6.07 Å². The first-order valence-electron chi connectivity index (χ1n) is 7.00. The molecule has 0 saturated carbocycles. The van der Waals surface area contributed by atoms with E-state index in [1.807, 2.05) is 6.07 Å². The zero-order valence-electron chi connectivity index (χ0n) is 11.4. The van der Waals surface area contributed by atoms with Crippen molar-refractivity contribution in [2.75, 3.05) is 0 Å². The van der Waals surface area contributed by atoms with Crippen molar-refractivity contribution < 1.29 is 9.18 Å². The number of ketones is 1. The Bertz CT molecular complexity index is 688. The molecule has 1 unspecified atom stereocenters. The maximum Gasteiger partial charge on any atom is 0.194 e. The second kappa shape index (κ2) is 5.79. The van der Waals surface area contributed by atoms with Gasteiger partial charge in [-0.1, -0.05) is 12.1 Å². The average molecular weight is 299 g/mol. The number of carbonyl (C=O) groups excluding carboxylic acids is 1. The van der Waals surface area contributed by atoms with Gasteiger partial charge >= 0.3 is 0 Å². The third-order valence-electron chi connectivity index (χ3n) is 3.83. The molecule has 106 valence electrons. The summed E-state index contributed by atoms with van der Waals surface area (Å²) in [6.07, 6.45) is 4.38. The number of benzene rings is 1. The van der Waals surface area contributed by atoms with Crippen LogP contribution in [0.5, 0.6) is 0 Å². The highest BCUT2D eigenvalue weighted by atomic mass is 32.1. The minimum absolute atomic E-state index is 0.177. The van der Waals surface area contributed by atoms with E-state index in [1.165, 1.54) is 52.5 Å². The summed E-state index contributed by atoms with van der Waals surface area (Å²) >= 11 is 1.51. The number of aryl methyl sites for hydroxylation is 2. The summed E-state index contributed by atoms with van der Waals surface area (Å²) in [5, 5.41) is 9.32. The van der Waals surface area contributed by atoms with Crippen LogP contribution in [-0.4, -0.2) is 5.78 Å². The van der Waals surface area contributed by atoms with Crippen LogP contribution in [0.15, 0.2) is 30.3 Å². The molecule has 0 aliphatic heterocycles. The van der Waals surface area contributed by atoms with Crippen molar-refractivity contribution in [1.82, 2.24) is 0 Å². The molecule has 0 bridgehead atoms. The predicted octanol–water partition coefficient (Wildman–Crippen LogP) is 4.26. The maximum atomic E-state index is 13.0. The molecule has 1 heterocycles. The molecule has 1 aliphatic rings. The van der Waals surface area contributed by atoms with Crippen LogP contribution in [0, 0.1) is 17.1 Å². The van der Waals surface area contributed by atoms with Crippen molar-refractivity contribution in [2.24, 2.45) is 0 Å². The molecule has 4 heteroatoms. The molecular weight excluding hydrogens is 285 g/mol. The molecule has 21 heavy (non-hydrogen) atoms. The van der Waals surface area contributed by atoms with Crippen LogP contribution in [0.2, 0.25) is 0 Å². The first-order valence-corrected chi connectivity index (χ1v) is 7.81. The summed E-state index contributed by atoms with van der Waals surface area (Å²) in [4.78, 5) is 14.5. The lowest BCUT2D eigenvalue weighted by Gasteiger charge is -2.08. The summed E-state index contributed by atoms with van der Waals surface area (Å²) < 4.78 is 13.0. The van der Waals surface area contributed by atoms with Gasteiger partial charge in [0, 0.05) is 4.88 Å². The lowest BCUT2D eigenvalue weighted by Crippen LogP contribution is -2.09. The molecule has 0 radical (unpaired) electrons. The Hall–Kier alpha value is -1.99. The van der Waals surface area contributed by atoms with Crippen LogP contribution in [0.1, 0.15) is 44.4 Å². The molecular formula is C17H14FNOS. The molecule has 0 fully saturated rings. The van der Waals surface area contributed by atoms with Gasteiger partial charge in [-0.25, -0.2) is 4.39 Å². The lowest BCUT2D eigenvalue weighted by atomic mass is 9.94. The van der Waals surface area contributed by atoms with E-state index in [0.717, 1.165) is 19.3 Å². The van der Waals surface area contributed by atoms with Crippen molar-refractivity contribution in [3.63, 3.8) is 0 Å². The topological polar surface area (TPSA) is 40.9 Å². The fourth-order valence-electron chi connectivity index (χ4n) is 2.69. The van der Waals surface area contributed by atoms with Crippen LogP contribution in [0.4, 0.5) is 4.39 Å². The molecule has 0 spiro atoms. The molecule has 1 aromatic heterocycles. The fourth-order valence-corrected chi connectivity index (χ4v) is 3.92. The smallest absolute Gasteiger partial charge is 0.194 e. The Balaban J connectivity index is 1.90. The lowest BCUT2D eigenvalue weighted by molar-refractivity contribution is 0.0982. The quantitative estimate of drug-likeness (QED) is 0.795. The molecule has 0 amide bonds. The summed E-state index contributed by atoms with van der Waals surface area (Å²) in [5.74, 6) is -1.40. The Labute approximate surface area is 126 Å². The zero-order valence-corrected chi connectivity index (χ0v) is 12.3. The van der Waals surface area contributed by atoms with Gasteiger partial charge in [0.05, 0.1) is 10.9 Å². The molecule has 2 aromatic rings. The van der Waals surface area contributed by atoms with Gasteiger partial charge in [0.15, 0.2) is 5.78 Å². The van der Waals surface area contributed by atoms with Crippen LogP contribution in [0.3, 0.4) is 0 Å².